The molecule has 0 aliphatic carbocycles. The third-order valence-electron chi connectivity index (χ3n) is 5.08. The maximum Gasteiger partial charge on any atom is 0.270 e. The third-order valence-corrected chi connectivity index (χ3v) is 6.93. The largest absolute Gasteiger partial charge is 0.356 e. The van der Waals surface area contributed by atoms with E-state index in [4.69, 9.17) is 5.73 Å². The summed E-state index contributed by atoms with van der Waals surface area (Å²) in [6.45, 7) is 4.35. The van der Waals surface area contributed by atoms with Gasteiger partial charge in [-0.1, -0.05) is 0 Å². The quantitative estimate of drug-likeness (QED) is 0.811. The van der Waals surface area contributed by atoms with Crippen molar-refractivity contribution in [3.8, 4) is 0 Å². The number of piperidine rings is 1. The molecule has 25 heavy (non-hydrogen) atoms. The van der Waals surface area contributed by atoms with Gasteiger partial charge in [-0.05, 0) is 44.6 Å². The van der Waals surface area contributed by atoms with Crippen LogP contribution in [0.3, 0.4) is 0 Å². The van der Waals surface area contributed by atoms with E-state index in [-0.39, 0.29) is 35.2 Å². The number of nitrogens with one attached hydrogen (secondary N) is 1. The fourth-order valence-corrected chi connectivity index (χ4v) is 5.04. The SMILES string of the molecule is CC(N)C1CCCN(S(=O)(=O)c2c[nH]c(C(=O)N3CCCC3)c2)C1.Cl. The molecular formula is C16H27ClN4O3S. The number of hydrogen-bond acceptors (Lipinski definition) is 4. The number of amides is 1. The van der Waals surface area contributed by atoms with Crippen molar-refractivity contribution < 1.29 is 13.2 Å². The van der Waals surface area contributed by atoms with Crippen molar-refractivity contribution in [3.63, 3.8) is 0 Å². The summed E-state index contributed by atoms with van der Waals surface area (Å²) in [6, 6.07) is 1.44. The summed E-state index contributed by atoms with van der Waals surface area (Å²) in [5, 5.41) is 0. The predicted octanol–water partition coefficient (Wildman–Crippen LogP) is 1.42. The molecule has 0 saturated carbocycles. The summed E-state index contributed by atoms with van der Waals surface area (Å²) in [4.78, 5) is 17.1. The third kappa shape index (κ3) is 4.19. The Kier molecular flexibility index (Phi) is 6.53. The molecule has 0 bridgehead atoms. The highest BCUT2D eigenvalue weighted by molar-refractivity contribution is 7.89. The number of rotatable bonds is 4. The average Bonchev–Trinajstić information content (AvgIpc) is 3.26. The van der Waals surface area contributed by atoms with E-state index in [9.17, 15) is 13.2 Å². The lowest BCUT2D eigenvalue weighted by atomic mass is 9.93. The van der Waals surface area contributed by atoms with E-state index in [1.807, 2.05) is 6.92 Å². The number of sulfonamides is 1. The van der Waals surface area contributed by atoms with Gasteiger partial charge in [-0.25, -0.2) is 8.42 Å². The number of nitrogens with zero attached hydrogens (tertiary/aromatic N) is 2. The Morgan fingerprint density at radius 3 is 2.60 bits per heavy atom. The predicted molar refractivity (Wildman–Crippen MR) is 98.3 cm³/mol. The molecule has 7 nitrogen and oxygen atoms in total. The molecule has 0 spiro atoms. The number of carbonyl (C=O) groups excluding carboxylic acids is 1. The number of likely N-dealkylation sites (tertiary alicyclic amines) is 1. The molecule has 3 N–H and O–H groups in total. The Bertz CT molecular complexity index is 698. The van der Waals surface area contributed by atoms with Gasteiger partial charge in [0.15, 0.2) is 0 Å². The van der Waals surface area contributed by atoms with Gasteiger partial charge in [0.1, 0.15) is 10.6 Å². The molecule has 0 aromatic carbocycles. The first-order valence-electron chi connectivity index (χ1n) is 8.63. The van der Waals surface area contributed by atoms with Crippen LogP contribution in [0, 0.1) is 5.92 Å². The van der Waals surface area contributed by atoms with E-state index >= 15 is 0 Å². The molecule has 0 radical (unpaired) electrons. The summed E-state index contributed by atoms with van der Waals surface area (Å²) in [5.74, 6) is 0.0548. The molecule has 3 rings (SSSR count). The van der Waals surface area contributed by atoms with Gasteiger partial charge >= 0.3 is 0 Å². The van der Waals surface area contributed by atoms with Crippen LogP contribution in [0.2, 0.25) is 0 Å². The summed E-state index contributed by atoms with van der Waals surface area (Å²) in [5.41, 5.74) is 6.29. The molecular weight excluding hydrogens is 364 g/mol. The molecule has 2 unspecified atom stereocenters. The van der Waals surface area contributed by atoms with Gasteiger partial charge in [0.05, 0.1) is 0 Å². The number of carbonyl (C=O) groups is 1. The molecule has 2 saturated heterocycles. The van der Waals surface area contributed by atoms with Gasteiger partial charge in [0.25, 0.3) is 5.91 Å². The van der Waals surface area contributed by atoms with Gasteiger partial charge in [-0.15, -0.1) is 12.4 Å². The van der Waals surface area contributed by atoms with Crippen LogP contribution >= 0.6 is 12.4 Å². The van der Waals surface area contributed by atoms with Crippen LogP contribution in [-0.4, -0.2) is 60.7 Å². The van der Waals surface area contributed by atoms with Gasteiger partial charge in [0.2, 0.25) is 10.0 Å². The second-order valence-electron chi connectivity index (χ2n) is 6.87. The molecule has 3 heterocycles. The van der Waals surface area contributed by atoms with Crippen molar-refractivity contribution in [2.75, 3.05) is 26.2 Å². The van der Waals surface area contributed by atoms with Gasteiger partial charge < -0.3 is 15.6 Å². The Balaban J connectivity index is 0.00000225. The number of halogens is 1. The van der Waals surface area contributed by atoms with Crippen molar-refractivity contribution >= 4 is 28.3 Å². The first-order chi connectivity index (χ1) is 11.4. The normalized spacial score (nSPS) is 23.3. The Hall–Kier alpha value is -1.09. The lowest BCUT2D eigenvalue weighted by molar-refractivity contribution is 0.0787. The maximum absolute atomic E-state index is 12.9. The van der Waals surface area contributed by atoms with Crippen LogP contribution in [0.15, 0.2) is 17.2 Å². The fourth-order valence-electron chi connectivity index (χ4n) is 3.51. The zero-order valence-corrected chi connectivity index (χ0v) is 16.1. The standard InChI is InChI=1S/C16H26N4O3S.ClH/c1-12(17)13-5-4-8-20(11-13)24(22,23)14-9-15(18-10-14)16(21)19-6-2-3-7-19;/h9-10,12-13,18H,2-8,11,17H2,1H3;1H. The van der Waals surface area contributed by atoms with Crippen LogP contribution < -0.4 is 5.73 Å². The monoisotopic (exact) mass is 390 g/mol. The van der Waals surface area contributed by atoms with Crippen molar-refractivity contribution in [2.24, 2.45) is 11.7 Å². The zero-order valence-electron chi connectivity index (χ0n) is 14.5. The molecule has 142 valence electrons. The van der Waals surface area contributed by atoms with Gasteiger partial charge in [0, 0.05) is 38.4 Å². The topological polar surface area (TPSA) is 99.5 Å². The molecule has 2 aliphatic heterocycles. The van der Waals surface area contributed by atoms with Gasteiger partial charge in [-0.3, -0.25) is 4.79 Å². The summed E-state index contributed by atoms with van der Waals surface area (Å²) in [6.07, 6.45) is 5.20. The van der Waals surface area contributed by atoms with Crippen LogP contribution in [0.4, 0.5) is 0 Å². The van der Waals surface area contributed by atoms with Crippen LogP contribution in [0.1, 0.15) is 43.1 Å². The lowest BCUT2D eigenvalue weighted by Gasteiger charge is -2.33. The molecule has 1 aromatic heterocycles. The van der Waals surface area contributed by atoms with Crippen LogP contribution in [0.25, 0.3) is 0 Å². The first-order valence-corrected chi connectivity index (χ1v) is 10.1. The van der Waals surface area contributed by atoms with Crippen molar-refractivity contribution in [2.45, 2.75) is 43.5 Å². The Labute approximate surface area is 155 Å². The highest BCUT2D eigenvalue weighted by Crippen LogP contribution is 2.26. The van der Waals surface area contributed by atoms with Gasteiger partial charge in [-0.2, -0.15) is 4.31 Å². The highest BCUT2D eigenvalue weighted by atomic mass is 35.5. The lowest BCUT2D eigenvalue weighted by Crippen LogP contribution is -2.44. The number of nitrogens with two attached hydrogens (primary N) is 1. The van der Waals surface area contributed by atoms with E-state index in [2.05, 4.69) is 4.98 Å². The minimum atomic E-state index is -3.59. The van der Waals surface area contributed by atoms with Crippen LogP contribution in [0.5, 0.6) is 0 Å². The minimum absolute atomic E-state index is 0. The molecule has 2 atom stereocenters. The summed E-state index contributed by atoms with van der Waals surface area (Å²) < 4.78 is 27.2. The molecule has 1 amide bonds. The second kappa shape index (κ2) is 8.07. The van der Waals surface area contributed by atoms with E-state index < -0.39 is 10.0 Å². The molecule has 1 aromatic rings. The van der Waals surface area contributed by atoms with Crippen molar-refractivity contribution in [1.29, 1.82) is 0 Å². The van der Waals surface area contributed by atoms with Crippen molar-refractivity contribution in [1.82, 2.24) is 14.2 Å². The Morgan fingerprint density at radius 2 is 1.96 bits per heavy atom. The van der Waals surface area contributed by atoms with E-state index in [0.717, 1.165) is 38.8 Å². The van der Waals surface area contributed by atoms with E-state index in [0.29, 0.717) is 18.8 Å². The van der Waals surface area contributed by atoms with E-state index in [1.165, 1.54) is 16.6 Å². The first kappa shape index (κ1) is 20.2. The smallest absolute Gasteiger partial charge is 0.270 e. The van der Waals surface area contributed by atoms with Crippen LogP contribution in [-0.2, 0) is 10.0 Å². The molecule has 9 heteroatoms. The Morgan fingerprint density at radius 1 is 1.28 bits per heavy atom. The van der Waals surface area contributed by atoms with Crippen molar-refractivity contribution in [3.05, 3.63) is 18.0 Å². The van der Waals surface area contributed by atoms with E-state index in [1.54, 1.807) is 4.90 Å². The number of hydrogen-bond donors (Lipinski definition) is 2. The number of aromatic amines is 1. The summed E-state index contributed by atoms with van der Waals surface area (Å²) in [7, 11) is -3.59. The fraction of sp³-hybridized carbons (Fsp3) is 0.688. The number of aromatic nitrogens is 1. The average molecular weight is 391 g/mol. The molecule has 2 aliphatic rings. The summed E-state index contributed by atoms with van der Waals surface area (Å²) >= 11 is 0. The number of H-pyrrole nitrogens is 1. The second-order valence-corrected chi connectivity index (χ2v) is 8.81. The minimum Gasteiger partial charge on any atom is -0.356 e. The molecule has 2 fully saturated rings. The highest BCUT2D eigenvalue weighted by Gasteiger charge is 2.33. The maximum atomic E-state index is 12.9. The zero-order chi connectivity index (χ0) is 17.3.